The lowest BCUT2D eigenvalue weighted by Gasteiger charge is -2.26. The van der Waals surface area contributed by atoms with E-state index in [1.807, 2.05) is 6.92 Å². The Balaban J connectivity index is 1.75. The Labute approximate surface area is 232 Å². The predicted octanol–water partition coefficient (Wildman–Crippen LogP) is 5.41. The number of rotatable bonds is 9. The van der Waals surface area contributed by atoms with Crippen LogP contribution in [0, 0.1) is 5.92 Å². The molecule has 14 heteroatoms. The normalized spacial score (nSPS) is 19.6. The van der Waals surface area contributed by atoms with Gasteiger partial charge in [-0.05, 0) is 65.4 Å². The van der Waals surface area contributed by atoms with Crippen LogP contribution >= 0.6 is 11.3 Å². The number of aliphatic hydroxyl groups is 1. The van der Waals surface area contributed by atoms with Gasteiger partial charge in [0.1, 0.15) is 17.6 Å². The van der Waals surface area contributed by atoms with Crippen LogP contribution in [0.2, 0.25) is 0 Å². The van der Waals surface area contributed by atoms with Crippen molar-refractivity contribution in [3.05, 3.63) is 28.5 Å². The summed E-state index contributed by atoms with van der Waals surface area (Å²) in [6.07, 6.45) is -4.49. The lowest BCUT2D eigenvalue weighted by atomic mass is 10.0. The number of carbonyl (C=O) groups excluding carboxylic acids is 2. The minimum Gasteiger partial charge on any atom is -0.388 e. The molecule has 1 saturated carbocycles. The first-order chi connectivity index (χ1) is 18.6. The number of hydrogen-bond donors (Lipinski definition) is 3. The van der Waals surface area contributed by atoms with Crippen LogP contribution in [-0.4, -0.2) is 68.2 Å². The summed E-state index contributed by atoms with van der Waals surface area (Å²) in [5, 5.41) is 14.9. The van der Waals surface area contributed by atoms with Gasteiger partial charge in [0.2, 0.25) is 0 Å². The monoisotopic (exact) mass is 589 g/mol. The Hall–Kier alpha value is -2.87. The highest BCUT2D eigenvalue weighted by atomic mass is 32.1. The van der Waals surface area contributed by atoms with Crippen molar-refractivity contribution in [2.45, 2.75) is 89.7 Å². The number of anilines is 1. The van der Waals surface area contributed by atoms with Crippen molar-refractivity contribution in [3.63, 3.8) is 0 Å². The first-order valence-corrected chi connectivity index (χ1v) is 13.9. The van der Waals surface area contributed by atoms with Gasteiger partial charge in [-0.25, -0.2) is 18.7 Å². The van der Waals surface area contributed by atoms with Gasteiger partial charge in [-0.1, -0.05) is 0 Å². The third-order valence-electron chi connectivity index (χ3n) is 7.41. The summed E-state index contributed by atoms with van der Waals surface area (Å²) in [4.78, 5) is 36.2. The first kappa shape index (κ1) is 30.1. The number of likely N-dealkylation sites (tertiary alicyclic amines) is 1. The molecule has 3 heterocycles. The quantitative estimate of drug-likeness (QED) is 0.338. The zero-order valence-electron chi connectivity index (χ0n) is 22.5. The number of alkyl halides is 5. The zero-order chi connectivity index (χ0) is 29.6. The fourth-order valence-electron chi connectivity index (χ4n) is 4.53. The predicted molar refractivity (Wildman–Crippen MR) is 139 cm³/mol. The second-order valence-corrected chi connectivity index (χ2v) is 12.0. The maximum absolute atomic E-state index is 14.3. The van der Waals surface area contributed by atoms with Crippen molar-refractivity contribution in [1.29, 1.82) is 0 Å². The molecule has 1 saturated heterocycles. The number of halogens is 5. The van der Waals surface area contributed by atoms with E-state index < -0.39 is 53.6 Å². The van der Waals surface area contributed by atoms with E-state index in [4.69, 9.17) is 0 Å². The van der Waals surface area contributed by atoms with Crippen LogP contribution in [0.15, 0.2) is 12.3 Å². The summed E-state index contributed by atoms with van der Waals surface area (Å²) in [6, 6.07) is -1.90. The van der Waals surface area contributed by atoms with Gasteiger partial charge < -0.3 is 20.6 Å². The second kappa shape index (κ2) is 11.2. The van der Waals surface area contributed by atoms with Gasteiger partial charge in [0.05, 0.1) is 16.5 Å². The van der Waals surface area contributed by atoms with Crippen molar-refractivity contribution in [2.24, 2.45) is 5.92 Å². The highest BCUT2D eigenvalue weighted by Crippen LogP contribution is 2.43. The van der Waals surface area contributed by atoms with E-state index >= 15 is 0 Å². The van der Waals surface area contributed by atoms with Gasteiger partial charge in [0.25, 0.3) is 18.2 Å². The van der Waals surface area contributed by atoms with Gasteiger partial charge in [-0.3, -0.25) is 9.59 Å². The molecule has 3 atom stereocenters. The van der Waals surface area contributed by atoms with Gasteiger partial charge in [0, 0.05) is 29.9 Å². The summed E-state index contributed by atoms with van der Waals surface area (Å²) in [5.41, 5.74) is -2.32. The average molecular weight is 590 g/mol. The maximum atomic E-state index is 14.3. The van der Waals surface area contributed by atoms with Gasteiger partial charge in [-0.2, -0.15) is 13.2 Å². The molecule has 1 aliphatic heterocycles. The molecule has 40 heavy (non-hydrogen) atoms. The number of nitrogens with zero attached hydrogens (tertiary/aromatic N) is 3. The molecule has 4 rings (SSSR count). The van der Waals surface area contributed by atoms with Gasteiger partial charge >= 0.3 is 6.18 Å². The minimum absolute atomic E-state index is 0.0333. The molecule has 1 aliphatic carbocycles. The molecule has 2 aliphatic rings. The van der Waals surface area contributed by atoms with Crippen LogP contribution in [0.1, 0.15) is 85.7 Å². The minimum atomic E-state index is -4.58. The number of pyridine rings is 1. The molecule has 8 nitrogen and oxygen atoms in total. The van der Waals surface area contributed by atoms with Crippen LogP contribution in [-0.2, 0) is 0 Å². The standard InChI is InChI=1S/C26H32F5N5O3S/c1-12-6-5-9-36(12)24(38)18-19(40-23(35-18)22(37)33-13(2)25(3,4)39)16-11-32-17(10-15(16)21(27)28)34-20(14-7-8-14)26(29,30)31/h10-14,20-21,39H,5-9H2,1-4H3,(H,32,34)(H,33,37)/t12-,13+,20?/m0/s1. The summed E-state index contributed by atoms with van der Waals surface area (Å²) in [6.45, 7) is 6.84. The Bertz CT molecular complexity index is 1260. The largest absolute Gasteiger partial charge is 0.408 e. The summed E-state index contributed by atoms with van der Waals surface area (Å²) in [5.74, 6) is -2.27. The van der Waals surface area contributed by atoms with Crippen molar-refractivity contribution >= 4 is 29.0 Å². The SMILES string of the molecule is C[C@H]1CCCN1C(=O)c1nc(C(=O)N[C@H](C)C(C)(C)O)sc1-c1cnc(NC(C2CC2)C(F)(F)F)cc1C(F)F. The van der Waals surface area contributed by atoms with E-state index in [0.717, 1.165) is 25.1 Å². The summed E-state index contributed by atoms with van der Waals surface area (Å²) >= 11 is 0.706. The molecule has 0 spiro atoms. The third-order valence-corrected chi connectivity index (χ3v) is 8.50. The topological polar surface area (TPSA) is 107 Å². The zero-order valence-corrected chi connectivity index (χ0v) is 23.3. The average Bonchev–Trinajstić information content (AvgIpc) is 3.43. The summed E-state index contributed by atoms with van der Waals surface area (Å²) < 4.78 is 69.2. The summed E-state index contributed by atoms with van der Waals surface area (Å²) in [7, 11) is 0. The van der Waals surface area contributed by atoms with Gasteiger partial charge in [-0.15, -0.1) is 11.3 Å². The van der Waals surface area contributed by atoms with Crippen molar-refractivity contribution in [3.8, 4) is 10.4 Å². The molecular weight excluding hydrogens is 557 g/mol. The Morgan fingerprint density at radius 2 is 1.88 bits per heavy atom. The van der Waals surface area contributed by atoms with E-state index in [1.165, 1.54) is 13.8 Å². The Morgan fingerprint density at radius 3 is 2.40 bits per heavy atom. The molecule has 0 aromatic carbocycles. The van der Waals surface area contributed by atoms with Crippen LogP contribution < -0.4 is 10.6 Å². The first-order valence-electron chi connectivity index (χ1n) is 13.0. The number of hydrogen-bond acceptors (Lipinski definition) is 7. The molecule has 2 fully saturated rings. The Morgan fingerprint density at radius 1 is 1.20 bits per heavy atom. The molecule has 0 bridgehead atoms. The van der Waals surface area contributed by atoms with Crippen molar-refractivity contribution in [2.75, 3.05) is 11.9 Å². The lowest BCUT2D eigenvalue weighted by molar-refractivity contribution is -0.146. The van der Waals surface area contributed by atoms with E-state index in [1.54, 1.807) is 11.8 Å². The van der Waals surface area contributed by atoms with Crippen LogP contribution in [0.25, 0.3) is 10.4 Å². The van der Waals surface area contributed by atoms with Crippen LogP contribution in [0.3, 0.4) is 0 Å². The molecule has 3 N–H and O–H groups in total. The number of amides is 2. The number of nitrogens with one attached hydrogen (secondary N) is 2. The fourth-order valence-corrected chi connectivity index (χ4v) is 5.52. The third kappa shape index (κ3) is 6.54. The van der Waals surface area contributed by atoms with Crippen LogP contribution in [0.5, 0.6) is 0 Å². The van der Waals surface area contributed by atoms with E-state index in [9.17, 15) is 36.6 Å². The number of carbonyl (C=O) groups is 2. The second-order valence-electron chi connectivity index (χ2n) is 11.0. The maximum Gasteiger partial charge on any atom is 0.408 e. The number of aromatic nitrogens is 2. The van der Waals surface area contributed by atoms with E-state index in [-0.39, 0.29) is 33.0 Å². The molecular formula is C26H32F5N5O3S. The van der Waals surface area contributed by atoms with Crippen molar-refractivity contribution < 1.29 is 36.6 Å². The molecule has 2 aromatic rings. The molecule has 2 aromatic heterocycles. The van der Waals surface area contributed by atoms with Gasteiger partial charge in [0.15, 0.2) is 5.01 Å². The van der Waals surface area contributed by atoms with E-state index in [0.29, 0.717) is 30.7 Å². The fraction of sp³-hybridized carbons (Fsp3) is 0.615. The number of thiazole rings is 1. The van der Waals surface area contributed by atoms with E-state index in [2.05, 4.69) is 20.6 Å². The molecule has 220 valence electrons. The highest BCUT2D eigenvalue weighted by Gasteiger charge is 2.49. The smallest absolute Gasteiger partial charge is 0.388 e. The van der Waals surface area contributed by atoms with Crippen molar-refractivity contribution in [1.82, 2.24) is 20.2 Å². The Kier molecular flexibility index (Phi) is 8.42. The van der Waals surface area contributed by atoms with Crippen LogP contribution in [0.4, 0.5) is 27.8 Å². The molecule has 2 amide bonds. The highest BCUT2D eigenvalue weighted by molar-refractivity contribution is 7.17. The molecule has 0 radical (unpaired) electrons. The lowest BCUT2D eigenvalue weighted by Crippen LogP contribution is -2.47. The molecule has 1 unspecified atom stereocenters.